The quantitative estimate of drug-likeness (QED) is 0.529. The Morgan fingerprint density at radius 3 is 1.95 bits per heavy atom. The molecule has 0 atom stereocenters. The van der Waals surface area contributed by atoms with Gasteiger partial charge in [0, 0.05) is 20.1 Å². The highest BCUT2D eigenvalue weighted by Crippen LogP contribution is 2.25. The van der Waals surface area contributed by atoms with Crippen LogP contribution in [0.25, 0.3) is 22.5 Å². The predicted octanol–water partition coefficient (Wildman–Crippen LogP) is 5.94. The Balaban J connectivity index is 2.03. The Bertz CT molecular complexity index is 736. The van der Waals surface area contributed by atoms with Crippen molar-refractivity contribution in [3.05, 3.63) is 75.7 Å². The predicted molar refractivity (Wildman–Crippen MR) is 90.5 cm³/mol. The summed E-state index contributed by atoms with van der Waals surface area (Å²) in [4.78, 5) is 4.75. The Morgan fingerprint density at radius 1 is 0.600 bits per heavy atom. The number of benzene rings is 2. The third kappa shape index (κ3) is 3.00. The number of aromatic nitrogens is 1. The first-order valence-corrected chi connectivity index (χ1v) is 7.80. The van der Waals surface area contributed by atoms with Crippen LogP contribution in [0.1, 0.15) is 0 Å². The molecule has 0 saturated carbocycles. The third-order valence-corrected chi connectivity index (χ3v) is 4.03. The summed E-state index contributed by atoms with van der Waals surface area (Å²) >= 11 is 6.95. The molecule has 3 heteroatoms. The molecule has 3 rings (SSSR count). The highest BCUT2D eigenvalue weighted by atomic mass is 79.9. The van der Waals surface area contributed by atoms with Crippen molar-refractivity contribution in [1.82, 2.24) is 4.98 Å². The minimum Gasteiger partial charge on any atom is -0.248 e. The second-order valence-corrected chi connectivity index (χ2v) is 6.26. The van der Waals surface area contributed by atoms with Gasteiger partial charge in [0.15, 0.2) is 0 Å². The van der Waals surface area contributed by atoms with Crippen LogP contribution in [0.4, 0.5) is 0 Å². The maximum absolute atomic E-state index is 4.75. The van der Waals surface area contributed by atoms with Crippen LogP contribution in [-0.2, 0) is 0 Å². The van der Waals surface area contributed by atoms with E-state index in [4.69, 9.17) is 4.98 Å². The van der Waals surface area contributed by atoms with Gasteiger partial charge in [0.05, 0.1) is 11.4 Å². The van der Waals surface area contributed by atoms with Gasteiger partial charge in [0.1, 0.15) is 0 Å². The van der Waals surface area contributed by atoms with Crippen LogP contribution in [0.5, 0.6) is 0 Å². The molecule has 0 saturated heterocycles. The van der Waals surface area contributed by atoms with E-state index >= 15 is 0 Å². The molecule has 0 bridgehead atoms. The van der Waals surface area contributed by atoms with Gasteiger partial charge < -0.3 is 0 Å². The minimum atomic E-state index is 0.978. The van der Waals surface area contributed by atoms with Gasteiger partial charge in [-0.1, -0.05) is 62.2 Å². The molecule has 20 heavy (non-hydrogen) atoms. The average Bonchev–Trinajstić information content (AvgIpc) is 2.48. The summed E-state index contributed by atoms with van der Waals surface area (Å²) in [6.07, 6.45) is 0. The molecule has 1 heterocycles. The van der Waals surface area contributed by atoms with E-state index in [0.717, 1.165) is 31.5 Å². The monoisotopic (exact) mass is 387 g/mol. The lowest BCUT2D eigenvalue weighted by Crippen LogP contribution is -1.87. The molecule has 1 aromatic heterocycles. The Kier molecular flexibility index (Phi) is 3.99. The van der Waals surface area contributed by atoms with Gasteiger partial charge in [-0.3, -0.25) is 0 Å². The molecular weight excluding hydrogens is 378 g/mol. The van der Waals surface area contributed by atoms with Gasteiger partial charge in [-0.25, -0.2) is 4.98 Å². The first-order valence-electron chi connectivity index (χ1n) is 6.21. The van der Waals surface area contributed by atoms with Crippen LogP contribution in [0.2, 0.25) is 0 Å². The molecule has 1 nitrogen and oxygen atoms in total. The van der Waals surface area contributed by atoms with Crippen LogP contribution in [0.15, 0.2) is 75.7 Å². The van der Waals surface area contributed by atoms with Crippen molar-refractivity contribution >= 4 is 31.9 Å². The summed E-state index contributed by atoms with van der Waals surface area (Å²) in [7, 11) is 0. The second-order valence-electron chi connectivity index (χ2n) is 4.43. The molecule has 0 spiro atoms. The third-order valence-electron chi connectivity index (χ3n) is 3.01. The lowest BCUT2D eigenvalue weighted by Gasteiger charge is -2.05. The molecule has 0 aliphatic heterocycles. The topological polar surface area (TPSA) is 12.9 Å². The number of halogens is 2. The van der Waals surface area contributed by atoms with Crippen molar-refractivity contribution in [3.63, 3.8) is 0 Å². The fourth-order valence-electron chi connectivity index (χ4n) is 2.02. The summed E-state index contributed by atoms with van der Waals surface area (Å²) in [6.45, 7) is 0. The normalized spacial score (nSPS) is 10.5. The second kappa shape index (κ2) is 5.90. The van der Waals surface area contributed by atoms with Crippen molar-refractivity contribution in [3.8, 4) is 22.5 Å². The fraction of sp³-hybridized carbons (Fsp3) is 0. The van der Waals surface area contributed by atoms with Crippen molar-refractivity contribution in [2.45, 2.75) is 0 Å². The molecule has 0 aliphatic rings. The van der Waals surface area contributed by atoms with Crippen LogP contribution in [0.3, 0.4) is 0 Å². The standard InChI is InChI=1S/C17H11Br2N/c18-14-9-7-12(8-10-14)16-5-2-6-17(20-16)13-3-1-4-15(19)11-13/h1-11H. The van der Waals surface area contributed by atoms with Gasteiger partial charge in [0.25, 0.3) is 0 Å². The SMILES string of the molecule is Brc1ccc(-c2cccc(-c3cccc(Br)c3)n2)cc1. The highest BCUT2D eigenvalue weighted by molar-refractivity contribution is 9.10. The van der Waals surface area contributed by atoms with E-state index < -0.39 is 0 Å². The van der Waals surface area contributed by atoms with Gasteiger partial charge >= 0.3 is 0 Å². The minimum absolute atomic E-state index is 0.978. The summed E-state index contributed by atoms with van der Waals surface area (Å²) in [5, 5.41) is 0. The zero-order chi connectivity index (χ0) is 13.9. The highest BCUT2D eigenvalue weighted by Gasteiger charge is 2.03. The van der Waals surface area contributed by atoms with Crippen LogP contribution in [0, 0.1) is 0 Å². The molecule has 0 aliphatic carbocycles. The van der Waals surface area contributed by atoms with E-state index in [1.165, 1.54) is 0 Å². The van der Waals surface area contributed by atoms with Crippen molar-refractivity contribution in [1.29, 1.82) is 0 Å². The van der Waals surface area contributed by atoms with Gasteiger partial charge in [0.2, 0.25) is 0 Å². The van der Waals surface area contributed by atoms with E-state index in [1.54, 1.807) is 0 Å². The largest absolute Gasteiger partial charge is 0.248 e. The summed E-state index contributed by atoms with van der Waals surface area (Å²) in [5.41, 5.74) is 4.19. The Morgan fingerprint density at radius 2 is 1.25 bits per heavy atom. The van der Waals surface area contributed by atoms with Gasteiger partial charge in [-0.2, -0.15) is 0 Å². The first kappa shape index (κ1) is 13.5. The molecule has 0 radical (unpaired) electrons. The molecule has 0 N–H and O–H groups in total. The summed E-state index contributed by atoms with van der Waals surface area (Å²) in [6, 6.07) is 22.5. The molecule has 2 aromatic carbocycles. The molecule has 0 unspecified atom stereocenters. The van der Waals surface area contributed by atoms with Crippen molar-refractivity contribution in [2.75, 3.05) is 0 Å². The Hall–Kier alpha value is -1.45. The molecule has 0 fully saturated rings. The molecule has 98 valence electrons. The molecule has 0 amide bonds. The van der Waals surface area contributed by atoms with Gasteiger partial charge in [-0.05, 0) is 36.4 Å². The number of rotatable bonds is 2. The number of hydrogen-bond donors (Lipinski definition) is 0. The lowest BCUT2D eigenvalue weighted by molar-refractivity contribution is 1.32. The lowest BCUT2D eigenvalue weighted by atomic mass is 10.1. The average molecular weight is 389 g/mol. The van der Waals surface area contributed by atoms with Crippen molar-refractivity contribution < 1.29 is 0 Å². The van der Waals surface area contributed by atoms with E-state index in [-0.39, 0.29) is 0 Å². The number of hydrogen-bond acceptors (Lipinski definition) is 1. The number of pyridine rings is 1. The zero-order valence-corrected chi connectivity index (χ0v) is 13.7. The van der Waals surface area contributed by atoms with E-state index in [1.807, 2.05) is 42.5 Å². The first-order chi connectivity index (χ1) is 9.72. The van der Waals surface area contributed by atoms with E-state index in [2.05, 4.69) is 56.1 Å². The van der Waals surface area contributed by atoms with Gasteiger partial charge in [-0.15, -0.1) is 0 Å². The molecule has 3 aromatic rings. The van der Waals surface area contributed by atoms with Crippen LogP contribution < -0.4 is 0 Å². The van der Waals surface area contributed by atoms with E-state index in [0.29, 0.717) is 0 Å². The van der Waals surface area contributed by atoms with Crippen LogP contribution in [-0.4, -0.2) is 4.98 Å². The summed E-state index contributed by atoms with van der Waals surface area (Å²) < 4.78 is 2.13. The van der Waals surface area contributed by atoms with Crippen LogP contribution >= 0.6 is 31.9 Å². The fourth-order valence-corrected chi connectivity index (χ4v) is 2.69. The maximum atomic E-state index is 4.75. The smallest absolute Gasteiger partial charge is 0.0709 e. The Labute approximate surface area is 135 Å². The zero-order valence-electron chi connectivity index (χ0n) is 10.6. The van der Waals surface area contributed by atoms with Crippen molar-refractivity contribution in [2.24, 2.45) is 0 Å². The number of nitrogens with zero attached hydrogens (tertiary/aromatic N) is 1. The van der Waals surface area contributed by atoms with E-state index in [9.17, 15) is 0 Å². The summed E-state index contributed by atoms with van der Waals surface area (Å²) in [5.74, 6) is 0. The maximum Gasteiger partial charge on any atom is 0.0709 e. The molecular formula is C17H11Br2N.